The summed E-state index contributed by atoms with van der Waals surface area (Å²) < 4.78 is 0. The first-order chi connectivity index (χ1) is 41.2. The zero-order valence-corrected chi connectivity index (χ0v) is 52.9. The van der Waals surface area contributed by atoms with E-state index in [-0.39, 0.29) is 40.4 Å². The molecular formula is C77H94N2O4S2. The van der Waals surface area contributed by atoms with Gasteiger partial charge in [-0.2, -0.15) is 0 Å². The molecule has 0 radical (unpaired) electrons. The average molecular weight is 1180 g/mol. The largest absolute Gasteiger partial charge is 0.481 e. The maximum Gasteiger partial charge on any atom is 0.306 e. The molecule has 0 aromatic heterocycles. The molecule has 7 aliphatic heterocycles. The van der Waals surface area contributed by atoms with Crippen LogP contribution in [0.5, 0.6) is 0 Å². The molecule has 6 nitrogen and oxygen atoms in total. The number of carbonyl (C=O) groups is 1. The summed E-state index contributed by atoms with van der Waals surface area (Å²) in [6.45, 7) is 16.5. The van der Waals surface area contributed by atoms with E-state index in [2.05, 4.69) is 152 Å². The Hall–Kier alpha value is -4.47. The number of rotatable bonds is 4. The van der Waals surface area contributed by atoms with Gasteiger partial charge in [0.25, 0.3) is 0 Å². The van der Waals surface area contributed by atoms with Crippen molar-refractivity contribution >= 4 is 44.8 Å². The van der Waals surface area contributed by atoms with Crippen molar-refractivity contribution < 1.29 is 20.1 Å². The number of carboxylic acids is 1. The molecule has 4 saturated carbocycles. The molecule has 448 valence electrons. The number of fused-ring (bicyclic) bond motifs is 3. The van der Waals surface area contributed by atoms with Crippen molar-refractivity contribution in [2.75, 3.05) is 18.8 Å². The molecule has 3 spiro atoms. The van der Waals surface area contributed by atoms with Crippen LogP contribution in [0, 0.1) is 86.3 Å². The molecule has 0 saturated heterocycles. The van der Waals surface area contributed by atoms with Gasteiger partial charge < -0.3 is 26.0 Å². The van der Waals surface area contributed by atoms with Crippen LogP contribution in [0.25, 0.3) is 17.2 Å². The first-order valence-electron chi connectivity index (χ1n) is 33.7. The number of aliphatic carboxylic acids is 1. The molecular weight excluding hydrogens is 1080 g/mol. The molecule has 0 amide bonds. The number of aliphatic hydroxyl groups excluding tert-OH is 2. The van der Waals surface area contributed by atoms with Crippen LogP contribution in [0.3, 0.4) is 0 Å². The Morgan fingerprint density at radius 3 is 2.51 bits per heavy atom. The molecule has 3 aromatic carbocycles. The number of allylic oxidation sites excluding steroid dienone is 9. The fraction of sp³-hybridized carbons (Fsp3) is 0.571. The number of aliphatic hydroxyl groups is 2. The van der Waals surface area contributed by atoms with E-state index in [0.29, 0.717) is 42.9 Å². The average Bonchev–Trinajstić information content (AvgIpc) is 1.52. The number of benzene rings is 3. The summed E-state index contributed by atoms with van der Waals surface area (Å²) in [5.41, 5.74) is 14.0. The molecule has 85 heavy (non-hydrogen) atoms. The molecule has 8 heteroatoms. The van der Waals surface area contributed by atoms with Crippen molar-refractivity contribution in [3.05, 3.63) is 170 Å². The van der Waals surface area contributed by atoms with E-state index in [4.69, 9.17) is 6.58 Å². The summed E-state index contributed by atoms with van der Waals surface area (Å²) in [4.78, 5) is 14.7. The Morgan fingerprint density at radius 2 is 1.69 bits per heavy atom. The molecule has 16 aliphatic rings. The SMILES string of the molecule is C=C1CC[C@@H](C(=O)O)[C@H]2[C@H](O)C[C@@]34C[C@H]5Cc6ccccc6CSSC[C@H]6C3=C(C[C@H](C5)[C@]24C)[C@]23CC[C@H](O)[C@@]4(C)CC=C(CC(C)C)[C@]6(C=C5C(=c6ccccc6=C[C@@H]52)Cc2cccc(c2)C2=CC=C(NCCC[C@H]1C1CCCCC1)NC2)[C@@H]43. The first kappa shape index (κ1) is 57.0. The van der Waals surface area contributed by atoms with Crippen molar-refractivity contribution in [1.29, 1.82) is 0 Å². The van der Waals surface area contributed by atoms with Gasteiger partial charge in [0.15, 0.2) is 0 Å². The first-order valence-corrected chi connectivity index (χ1v) is 36.2. The third kappa shape index (κ3) is 8.69. The zero-order chi connectivity index (χ0) is 58.2. The van der Waals surface area contributed by atoms with Crippen molar-refractivity contribution in [3.8, 4) is 0 Å². The van der Waals surface area contributed by atoms with E-state index in [1.165, 1.54) is 87.1 Å². The van der Waals surface area contributed by atoms with Crippen LogP contribution < -0.4 is 21.1 Å². The minimum atomic E-state index is -0.746. The highest BCUT2D eigenvalue weighted by Gasteiger charge is 2.80. The van der Waals surface area contributed by atoms with E-state index >= 15 is 0 Å². The van der Waals surface area contributed by atoms with Crippen LogP contribution in [-0.4, -0.2) is 52.3 Å². The monoisotopic (exact) mass is 1170 g/mol. The van der Waals surface area contributed by atoms with Crippen LogP contribution in [0.4, 0.5) is 0 Å². The molecule has 3 aromatic rings. The standard InChI is InChI=1S/C77H94N2O4S2/c1-46(2)33-56-28-30-73(4)67(81)29-31-76-63-38-53-19-11-12-22-59(53)61-37-48-15-13-21-51(34-48)54-25-27-68(79-43-54)78-32-14-23-58(50-16-7-6-8-17-50)47(3)24-26-60(71(82)83)69-66(80)42-75-40-49-35-52-18-9-10-20-55(52)44-84-85-45-65(77(56,72(73)76)41-62(61)63)70(75)64(76)39-57(36-49)74(69,75)5/h9-13,15,18-22,25,27-28,34,38,41,46,49-50,57-58,60,63,65-67,69,72,78-81H,3,6-8,14,16-17,23-24,26,29-33,35-37,39-40,42-45H2,1-2,4-5H3,(H,82,83)/t49-,57-,58+,60+,63-,65-,66+,67-,69-,72-,73+,74+,75-,76-,77-/m0/s1. The highest BCUT2D eigenvalue weighted by molar-refractivity contribution is 8.76. The van der Waals surface area contributed by atoms with E-state index in [1.807, 2.05) is 10.8 Å². The molecule has 19 rings (SSSR count). The maximum atomic E-state index is 14.7. The van der Waals surface area contributed by atoms with Crippen LogP contribution in [-0.2, 0) is 23.4 Å². The quantitative estimate of drug-likeness (QED) is 0.130. The van der Waals surface area contributed by atoms with Crippen molar-refractivity contribution in [3.63, 3.8) is 0 Å². The van der Waals surface area contributed by atoms with Gasteiger partial charge in [0.1, 0.15) is 0 Å². The Labute approximate surface area is 515 Å². The van der Waals surface area contributed by atoms with Gasteiger partial charge >= 0.3 is 5.97 Å². The van der Waals surface area contributed by atoms with Crippen LogP contribution in [0.15, 0.2) is 137 Å². The van der Waals surface area contributed by atoms with E-state index in [9.17, 15) is 20.1 Å². The van der Waals surface area contributed by atoms with Gasteiger partial charge in [-0.15, -0.1) is 0 Å². The predicted octanol–water partition coefficient (Wildman–Crippen LogP) is 14.9. The zero-order valence-electron chi connectivity index (χ0n) is 51.3. The Balaban J connectivity index is 0.995. The number of carboxylic acid groups (broad SMARTS) is 1. The lowest BCUT2D eigenvalue weighted by molar-refractivity contribution is -0.185. The summed E-state index contributed by atoms with van der Waals surface area (Å²) in [5.74, 6) is 3.47. The molecule has 7 heterocycles. The predicted molar refractivity (Wildman–Crippen MR) is 350 cm³/mol. The summed E-state index contributed by atoms with van der Waals surface area (Å²) in [6, 6.07) is 28.1. The van der Waals surface area contributed by atoms with Crippen LogP contribution in [0.1, 0.15) is 159 Å². The minimum Gasteiger partial charge on any atom is -0.481 e. The number of hydrogen-bond donors (Lipinski definition) is 5. The molecule has 0 unspecified atom stereocenters. The highest BCUT2D eigenvalue weighted by atomic mass is 33.1. The Bertz CT molecular complexity index is 3510. The maximum absolute atomic E-state index is 14.7. The number of nitrogens with one attached hydrogen (secondary N) is 2. The van der Waals surface area contributed by atoms with Gasteiger partial charge in [-0.25, -0.2) is 0 Å². The van der Waals surface area contributed by atoms with Crippen molar-refractivity contribution in [2.45, 2.75) is 168 Å². The smallest absolute Gasteiger partial charge is 0.306 e. The van der Waals surface area contributed by atoms with Crippen molar-refractivity contribution in [2.24, 2.45) is 86.3 Å². The lowest BCUT2D eigenvalue weighted by atomic mass is 9.27. The van der Waals surface area contributed by atoms with Gasteiger partial charge in [0.05, 0.1) is 23.9 Å². The molecule has 15 atom stereocenters. The molecule has 5 N–H and O–H groups in total. The second-order valence-electron chi connectivity index (χ2n) is 30.4. The fourth-order valence-corrected chi connectivity index (χ4v) is 25.4. The van der Waals surface area contributed by atoms with Gasteiger partial charge in [0, 0.05) is 64.0 Å². The van der Waals surface area contributed by atoms with Crippen LogP contribution >= 0.6 is 21.6 Å². The number of dihydropyridines is 1. The fourth-order valence-electron chi connectivity index (χ4n) is 22.9. The normalized spacial score (nSPS) is 39.5. The van der Waals surface area contributed by atoms with Gasteiger partial charge in [-0.05, 0) is 199 Å². The summed E-state index contributed by atoms with van der Waals surface area (Å²) in [7, 11) is 4.13. The van der Waals surface area contributed by atoms with E-state index in [1.54, 1.807) is 16.7 Å². The van der Waals surface area contributed by atoms with E-state index < -0.39 is 40.3 Å². The topological polar surface area (TPSA) is 102 Å². The molecule has 17 bridgehead atoms. The second kappa shape index (κ2) is 21.6. The van der Waals surface area contributed by atoms with Gasteiger partial charge in [-0.3, -0.25) is 4.79 Å². The Kier molecular flexibility index (Phi) is 14.5. The lowest BCUT2D eigenvalue weighted by Gasteiger charge is -2.77. The third-order valence-electron chi connectivity index (χ3n) is 26.1. The number of hydrogen-bond acceptors (Lipinski definition) is 7. The van der Waals surface area contributed by atoms with E-state index in [0.717, 1.165) is 101 Å². The second-order valence-corrected chi connectivity index (χ2v) is 32.9. The van der Waals surface area contributed by atoms with Gasteiger partial charge in [-0.1, -0.05) is 195 Å². The molecule has 9 aliphatic carbocycles. The lowest BCUT2D eigenvalue weighted by Crippen LogP contribution is -2.72. The highest BCUT2D eigenvalue weighted by Crippen LogP contribution is 2.85. The summed E-state index contributed by atoms with van der Waals surface area (Å²) in [5, 5.41) is 49.1. The Morgan fingerprint density at radius 1 is 0.871 bits per heavy atom. The summed E-state index contributed by atoms with van der Waals surface area (Å²) in [6.07, 6.45) is 30.3. The summed E-state index contributed by atoms with van der Waals surface area (Å²) >= 11 is 0. The minimum absolute atomic E-state index is 0.0943. The van der Waals surface area contributed by atoms with Gasteiger partial charge in [0.2, 0.25) is 0 Å². The van der Waals surface area contributed by atoms with Crippen molar-refractivity contribution in [1.82, 2.24) is 10.6 Å². The third-order valence-corrected chi connectivity index (χ3v) is 28.4. The molecule has 4 fully saturated rings. The van der Waals surface area contributed by atoms with Crippen LogP contribution in [0.2, 0.25) is 0 Å².